The van der Waals surface area contributed by atoms with Crippen molar-refractivity contribution >= 4 is 29.3 Å². The van der Waals surface area contributed by atoms with Crippen molar-refractivity contribution in [3.05, 3.63) is 72.0 Å². The predicted molar refractivity (Wildman–Crippen MR) is 109 cm³/mol. The van der Waals surface area contributed by atoms with Crippen LogP contribution in [0.5, 0.6) is 0 Å². The van der Waals surface area contributed by atoms with Gasteiger partial charge < -0.3 is 10.1 Å². The van der Waals surface area contributed by atoms with Crippen LogP contribution in [0.2, 0.25) is 0 Å². The number of ether oxygens (including phenoxy) is 1. The highest BCUT2D eigenvalue weighted by molar-refractivity contribution is 7.99. The number of hydrogen-bond donors (Lipinski definition) is 1. The van der Waals surface area contributed by atoms with Gasteiger partial charge in [0.15, 0.2) is 0 Å². The van der Waals surface area contributed by atoms with E-state index in [-0.39, 0.29) is 17.5 Å². The summed E-state index contributed by atoms with van der Waals surface area (Å²) in [6.07, 6.45) is 0. The molecule has 3 rings (SSSR count). The summed E-state index contributed by atoms with van der Waals surface area (Å²) in [7, 11) is 0. The standard InChI is InChI=1S/C21H18FN3O3S/c1-2-28-21(27)15-5-9-17(10-6-15)23-19(26)13-29-20-12-11-18(24-25-20)14-3-7-16(22)8-4-14/h3-12H,2,13H2,1H3,(H,23,26). The number of aromatic nitrogens is 2. The summed E-state index contributed by atoms with van der Waals surface area (Å²) in [5.74, 6) is -0.758. The van der Waals surface area contributed by atoms with E-state index in [1.807, 2.05) is 0 Å². The molecule has 3 aromatic rings. The van der Waals surface area contributed by atoms with Crippen LogP contribution in [0.15, 0.2) is 65.7 Å². The van der Waals surface area contributed by atoms with E-state index in [0.717, 1.165) is 5.56 Å². The highest BCUT2D eigenvalue weighted by Gasteiger charge is 2.09. The van der Waals surface area contributed by atoms with Crippen molar-refractivity contribution in [3.63, 3.8) is 0 Å². The van der Waals surface area contributed by atoms with Gasteiger partial charge in [-0.25, -0.2) is 9.18 Å². The molecule has 148 valence electrons. The summed E-state index contributed by atoms with van der Waals surface area (Å²) in [5, 5.41) is 11.6. The van der Waals surface area contributed by atoms with Crippen molar-refractivity contribution in [3.8, 4) is 11.3 Å². The number of halogens is 1. The van der Waals surface area contributed by atoms with Crippen LogP contribution < -0.4 is 5.32 Å². The van der Waals surface area contributed by atoms with E-state index in [1.54, 1.807) is 55.5 Å². The first kappa shape index (κ1) is 20.5. The Kier molecular flexibility index (Phi) is 6.91. The maximum atomic E-state index is 13.0. The Bertz CT molecular complexity index is 978. The monoisotopic (exact) mass is 411 g/mol. The molecule has 0 spiro atoms. The number of anilines is 1. The predicted octanol–water partition coefficient (Wildman–Crippen LogP) is 4.19. The van der Waals surface area contributed by atoms with Gasteiger partial charge in [-0.3, -0.25) is 4.79 Å². The van der Waals surface area contributed by atoms with Gasteiger partial charge >= 0.3 is 5.97 Å². The lowest BCUT2D eigenvalue weighted by Crippen LogP contribution is -2.14. The van der Waals surface area contributed by atoms with Gasteiger partial charge in [0.25, 0.3) is 0 Å². The molecule has 0 unspecified atom stereocenters. The highest BCUT2D eigenvalue weighted by atomic mass is 32.2. The number of benzene rings is 2. The zero-order valence-corrected chi connectivity index (χ0v) is 16.4. The fourth-order valence-electron chi connectivity index (χ4n) is 2.41. The first-order chi connectivity index (χ1) is 14.0. The van der Waals surface area contributed by atoms with Gasteiger partial charge in [0.2, 0.25) is 5.91 Å². The number of carbonyl (C=O) groups is 2. The molecule has 8 heteroatoms. The Labute approximate surface area is 171 Å². The van der Waals surface area contributed by atoms with Gasteiger partial charge in [-0.1, -0.05) is 11.8 Å². The molecule has 0 aliphatic carbocycles. The number of rotatable bonds is 7. The number of thioether (sulfide) groups is 1. The van der Waals surface area contributed by atoms with Crippen LogP contribution in [0.3, 0.4) is 0 Å². The van der Waals surface area contributed by atoms with Gasteiger partial charge in [-0.05, 0) is 67.6 Å². The highest BCUT2D eigenvalue weighted by Crippen LogP contribution is 2.20. The molecule has 0 aliphatic heterocycles. The number of amides is 1. The van der Waals surface area contributed by atoms with Crippen molar-refractivity contribution in [2.45, 2.75) is 11.9 Å². The quantitative estimate of drug-likeness (QED) is 0.464. The number of nitrogens with one attached hydrogen (secondary N) is 1. The van der Waals surface area contributed by atoms with E-state index in [2.05, 4.69) is 15.5 Å². The summed E-state index contributed by atoms with van der Waals surface area (Å²) in [6, 6.07) is 16.0. The second kappa shape index (κ2) is 9.79. The van der Waals surface area contributed by atoms with Crippen LogP contribution in [-0.2, 0) is 9.53 Å². The van der Waals surface area contributed by atoms with Crippen molar-refractivity contribution in [1.82, 2.24) is 10.2 Å². The third kappa shape index (κ3) is 5.86. The fourth-order valence-corrected chi connectivity index (χ4v) is 3.03. The Morgan fingerprint density at radius 2 is 1.72 bits per heavy atom. The van der Waals surface area contributed by atoms with E-state index in [4.69, 9.17) is 4.74 Å². The second-order valence-corrected chi connectivity index (χ2v) is 6.89. The van der Waals surface area contributed by atoms with Crippen LogP contribution in [0, 0.1) is 5.82 Å². The van der Waals surface area contributed by atoms with Gasteiger partial charge in [-0.2, -0.15) is 0 Å². The van der Waals surface area contributed by atoms with Crippen LogP contribution in [0.4, 0.5) is 10.1 Å². The van der Waals surface area contributed by atoms with Gasteiger partial charge in [0.05, 0.1) is 23.6 Å². The Morgan fingerprint density at radius 1 is 1.00 bits per heavy atom. The zero-order valence-electron chi connectivity index (χ0n) is 15.6. The minimum atomic E-state index is -0.399. The number of hydrogen-bond acceptors (Lipinski definition) is 6. The molecular weight excluding hydrogens is 393 g/mol. The van der Waals surface area contributed by atoms with Crippen LogP contribution in [0.25, 0.3) is 11.3 Å². The van der Waals surface area contributed by atoms with Crippen molar-refractivity contribution in [2.24, 2.45) is 0 Å². The lowest BCUT2D eigenvalue weighted by Gasteiger charge is -2.06. The first-order valence-electron chi connectivity index (χ1n) is 8.84. The van der Waals surface area contributed by atoms with E-state index in [9.17, 15) is 14.0 Å². The normalized spacial score (nSPS) is 10.4. The lowest BCUT2D eigenvalue weighted by atomic mass is 10.1. The Hall–Kier alpha value is -3.26. The van der Waals surface area contributed by atoms with E-state index < -0.39 is 5.97 Å². The molecule has 0 saturated carbocycles. The van der Waals surface area contributed by atoms with E-state index >= 15 is 0 Å². The molecule has 29 heavy (non-hydrogen) atoms. The maximum absolute atomic E-state index is 13.0. The molecule has 1 heterocycles. The average Bonchev–Trinajstić information content (AvgIpc) is 2.74. The molecule has 0 bridgehead atoms. The minimum Gasteiger partial charge on any atom is -0.462 e. The molecule has 0 radical (unpaired) electrons. The van der Waals surface area contributed by atoms with Crippen LogP contribution >= 0.6 is 11.8 Å². The van der Waals surface area contributed by atoms with Gasteiger partial charge in [0, 0.05) is 11.3 Å². The lowest BCUT2D eigenvalue weighted by molar-refractivity contribution is -0.113. The molecule has 2 aromatic carbocycles. The topological polar surface area (TPSA) is 81.2 Å². The summed E-state index contributed by atoms with van der Waals surface area (Å²) < 4.78 is 17.9. The van der Waals surface area contributed by atoms with Crippen molar-refractivity contribution < 1.29 is 18.7 Å². The molecule has 1 amide bonds. The molecule has 0 saturated heterocycles. The SMILES string of the molecule is CCOC(=O)c1ccc(NC(=O)CSc2ccc(-c3ccc(F)cc3)nn2)cc1. The Balaban J connectivity index is 1.51. The van der Waals surface area contributed by atoms with Crippen LogP contribution in [0.1, 0.15) is 17.3 Å². The summed E-state index contributed by atoms with van der Waals surface area (Å²) in [5.41, 5.74) is 2.40. The van der Waals surface area contributed by atoms with Gasteiger partial charge in [0.1, 0.15) is 10.8 Å². The smallest absolute Gasteiger partial charge is 0.338 e. The largest absolute Gasteiger partial charge is 0.462 e. The average molecular weight is 411 g/mol. The Morgan fingerprint density at radius 3 is 2.34 bits per heavy atom. The third-order valence-corrected chi connectivity index (χ3v) is 4.73. The molecule has 0 aliphatic rings. The minimum absolute atomic E-state index is 0.157. The molecular formula is C21H18FN3O3S. The molecule has 6 nitrogen and oxygen atoms in total. The number of esters is 1. The number of nitrogens with zero attached hydrogens (tertiary/aromatic N) is 2. The van der Waals surface area contributed by atoms with Crippen LogP contribution in [-0.4, -0.2) is 34.4 Å². The maximum Gasteiger partial charge on any atom is 0.338 e. The van der Waals surface area contributed by atoms with E-state index in [0.29, 0.717) is 28.6 Å². The summed E-state index contributed by atoms with van der Waals surface area (Å²) in [6.45, 7) is 2.05. The number of carbonyl (C=O) groups excluding carboxylic acids is 2. The second-order valence-electron chi connectivity index (χ2n) is 5.90. The van der Waals surface area contributed by atoms with Gasteiger partial charge in [-0.15, -0.1) is 10.2 Å². The van der Waals surface area contributed by atoms with Crippen molar-refractivity contribution in [2.75, 3.05) is 17.7 Å². The molecule has 0 fully saturated rings. The molecule has 0 atom stereocenters. The molecule has 1 aromatic heterocycles. The van der Waals surface area contributed by atoms with Crippen molar-refractivity contribution in [1.29, 1.82) is 0 Å². The van der Waals surface area contributed by atoms with E-state index in [1.165, 1.54) is 23.9 Å². The molecule has 1 N–H and O–H groups in total. The zero-order chi connectivity index (χ0) is 20.6. The summed E-state index contributed by atoms with van der Waals surface area (Å²) in [4.78, 5) is 23.7. The first-order valence-corrected chi connectivity index (χ1v) is 9.83. The third-order valence-electron chi connectivity index (χ3n) is 3.81. The summed E-state index contributed by atoms with van der Waals surface area (Å²) >= 11 is 1.25. The fraction of sp³-hybridized carbons (Fsp3) is 0.143.